The molecule has 36 heavy (non-hydrogen) atoms. The molecule has 0 amide bonds. The van der Waals surface area contributed by atoms with Gasteiger partial charge in [0.2, 0.25) is 0 Å². The fraction of sp³-hybridized carbons (Fsp3) is 0.812. The predicted molar refractivity (Wildman–Crippen MR) is 152 cm³/mol. The highest BCUT2D eigenvalue weighted by molar-refractivity contribution is 7.54. The van der Waals surface area contributed by atoms with Crippen LogP contribution in [-0.2, 0) is 19.0 Å². The molecule has 1 atom stereocenters. The summed E-state index contributed by atoms with van der Waals surface area (Å²) in [6.07, 6.45) is 15.5. The fourth-order valence-corrected chi connectivity index (χ4v) is 10.1. The molecule has 0 bridgehead atoms. The van der Waals surface area contributed by atoms with Crippen LogP contribution in [-0.4, -0.2) is 18.9 Å². The van der Waals surface area contributed by atoms with Gasteiger partial charge >= 0.3 is 7.60 Å². The number of rotatable bonds is 8. The van der Waals surface area contributed by atoms with Crippen LogP contribution in [0.5, 0.6) is 0 Å². The van der Waals surface area contributed by atoms with Crippen molar-refractivity contribution < 1.29 is 13.6 Å². The molecule has 3 aliphatic rings. The van der Waals surface area contributed by atoms with Gasteiger partial charge in [-0.2, -0.15) is 0 Å². The Labute approximate surface area is 222 Å². The normalized spacial score (nSPS) is 30.6. The summed E-state index contributed by atoms with van der Waals surface area (Å²) in [5, 5.41) is 0. The zero-order valence-corrected chi connectivity index (χ0v) is 25.0. The second-order valence-corrected chi connectivity index (χ2v) is 15.9. The maximum absolute atomic E-state index is 13.5. The van der Waals surface area contributed by atoms with E-state index in [0.717, 1.165) is 56.3 Å². The first-order valence-electron chi connectivity index (χ1n) is 15.0. The number of aryl methyl sites for hydroxylation is 1. The van der Waals surface area contributed by atoms with Crippen LogP contribution in [0, 0.1) is 30.1 Å². The molecular formula is C32H53O3P. The highest BCUT2D eigenvalue weighted by atomic mass is 31.2. The first-order chi connectivity index (χ1) is 17.1. The van der Waals surface area contributed by atoms with Crippen LogP contribution < -0.4 is 0 Å². The lowest BCUT2D eigenvalue weighted by molar-refractivity contribution is 0.0132. The molecule has 0 radical (unpaired) electrons. The molecule has 4 heteroatoms. The molecule has 1 unspecified atom stereocenters. The first-order valence-corrected chi connectivity index (χ1v) is 16.6. The Bertz CT molecular complexity index is 867. The van der Waals surface area contributed by atoms with E-state index >= 15 is 0 Å². The summed E-state index contributed by atoms with van der Waals surface area (Å²) in [7, 11) is -1.38. The molecule has 4 rings (SSSR count). The number of hydrogen-bond donors (Lipinski definition) is 0. The van der Waals surface area contributed by atoms with E-state index in [1.54, 1.807) is 7.11 Å². The average Bonchev–Trinajstić information content (AvgIpc) is 2.90. The molecule has 0 heterocycles. The van der Waals surface area contributed by atoms with Gasteiger partial charge in [-0.15, -0.1) is 0 Å². The SMILES string of the molecule is COP(=O)(OC1CCC(C(C)(C)C2CCC(C(C)(C)c3ccc(C)cc3)CC2)CC1)C1CCCCC1. The van der Waals surface area contributed by atoms with Gasteiger partial charge in [-0.3, -0.25) is 4.57 Å². The average molecular weight is 517 g/mol. The standard InChI is InChI=1S/C32H53O3P/c1-24-12-14-25(15-13-24)31(2,3)26-16-18-27(19-17-26)32(4,5)28-20-22-29(23-21-28)35-36(33,34-6)30-10-8-7-9-11-30/h12-15,26-30H,7-11,16-23H2,1-6H3. The lowest BCUT2D eigenvalue weighted by atomic mass is 9.57. The predicted octanol–water partition coefficient (Wildman–Crippen LogP) is 9.85. The Morgan fingerprint density at radius 3 is 1.75 bits per heavy atom. The highest BCUT2D eigenvalue weighted by Gasteiger charge is 2.44. The van der Waals surface area contributed by atoms with Gasteiger partial charge in [-0.1, -0.05) is 76.8 Å². The van der Waals surface area contributed by atoms with Crippen molar-refractivity contribution in [2.75, 3.05) is 7.11 Å². The summed E-state index contributed by atoms with van der Waals surface area (Å²) in [6, 6.07) is 9.24. The van der Waals surface area contributed by atoms with Gasteiger partial charge in [-0.25, -0.2) is 0 Å². The van der Waals surface area contributed by atoms with E-state index in [1.807, 2.05) is 0 Å². The van der Waals surface area contributed by atoms with Crippen LogP contribution in [0.2, 0.25) is 0 Å². The molecule has 0 spiro atoms. The Kier molecular flexibility index (Phi) is 9.17. The lowest BCUT2D eigenvalue weighted by Crippen LogP contribution is -2.40. The molecular weight excluding hydrogens is 463 g/mol. The molecule has 1 aromatic rings. The van der Waals surface area contributed by atoms with Crippen LogP contribution in [0.4, 0.5) is 0 Å². The van der Waals surface area contributed by atoms with E-state index in [-0.39, 0.29) is 17.2 Å². The molecule has 204 valence electrons. The Hall–Kier alpha value is -0.630. The second kappa shape index (κ2) is 11.6. The van der Waals surface area contributed by atoms with Crippen molar-refractivity contribution in [2.45, 2.75) is 135 Å². The zero-order valence-electron chi connectivity index (χ0n) is 24.1. The molecule has 0 N–H and O–H groups in total. The topological polar surface area (TPSA) is 35.5 Å². The second-order valence-electron chi connectivity index (χ2n) is 13.6. The molecule has 3 aliphatic carbocycles. The quantitative estimate of drug-likeness (QED) is 0.323. The van der Waals surface area contributed by atoms with Gasteiger partial charge in [0.1, 0.15) is 0 Å². The van der Waals surface area contributed by atoms with E-state index < -0.39 is 7.60 Å². The van der Waals surface area contributed by atoms with Gasteiger partial charge < -0.3 is 9.05 Å². The zero-order chi connectivity index (χ0) is 26.0. The van der Waals surface area contributed by atoms with Crippen molar-refractivity contribution in [3.05, 3.63) is 35.4 Å². The van der Waals surface area contributed by atoms with E-state index in [1.165, 1.54) is 56.1 Å². The minimum absolute atomic E-state index is 0.107. The van der Waals surface area contributed by atoms with Crippen LogP contribution >= 0.6 is 7.60 Å². The first kappa shape index (κ1) is 28.4. The smallest absolute Gasteiger partial charge is 0.312 e. The molecule has 3 fully saturated rings. The van der Waals surface area contributed by atoms with Crippen molar-refractivity contribution in [1.82, 2.24) is 0 Å². The van der Waals surface area contributed by atoms with Gasteiger partial charge in [0.05, 0.1) is 11.8 Å². The van der Waals surface area contributed by atoms with E-state index in [2.05, 4.69) is 58.9 Å². The Balaban J connectivity index is 1.29. The van der Waals surface area contributed by atoms with Gasteiger partial charge in [0.25, 0.3) is 0 Å². The summed E-state index contributed by atoms with van der Waals surface area (Å²) >= 11 is 0. The van der Waals surface area contributed by atoms with Crippen molar-refractivity contribution in [2.24, 2.45) is 23.2 Å². The number of hydrogen-bond acceptors (Lipinski definition) is 3. The van der Waals surface area contributed by atoms with Crippen molar-refractivity contribution in [3.63, 3.8) is 0 Å². The summed E-state index contributed by atoms with van der Waals surface area (Å²) in [5.41, 5.74) is 3.56. The summed E-state index contributed by atoms with van der Waals surface area (Å²) in [4.78, 5) is 0. The van der Waals surface area contributed by atoms with E-state index in [9.17, 15) is 4.57 Å². The third-order valence-corrected chi connectivity index (χ3v) is 13.4. The van der Waals surface area contributed by atoms with Crippen LogP contribution in [0.1, 0.15) is 122 Å². The Morgan fingerprint density at radius 2 is 1.22 bits per heavy atom. The molecule has 3 nitrogen and oxygen atoms in total. The molecule has 3 saturated carbocycles. The van der Waals surface area contributed by atoms with E-state index in [4.69, 9.17) is 9.05 Å². The molecule has 0 saturated heterocycles. The van der Waals surface area contributed by atoms with Crippen LogP contribution in [0.15, 0.2) is 24.3 Å². The van der Waals surface area contributed by atoms with Crippen LogP contribution in [0.3, 0.4) is 0 Å². The minimum atomic E-state index is -2.98. The molecule has 1 aromatic carbocycles. The van der Waals surface area contributed by atoms with Crippen molar-refractivity contribution >= 4 is 7.60 Å². The molecule has 0 aliphatic heterocycles. The minimum Gasteiger partial charge on any atom is -0.312 e. The maximum Gasteiger partial charge on any atom is 0.333 e. The molecule has 0 aromatic heterocycles. The summed E-state index contributed by atoms with van der Waals surface area (Å²) < 4.78 is 25.4. The summed E-state index contributed by atoms with van der Waals surface area (Å²) in [5.74, 6) is 2.30. The third-order valence-electron chi connectivity index (χ3n) is 10.9. The van der Waals surface area contributed by atoms with Gasteiger partial charge in [0, 0.05) is 7.11 Å². The van der Waals surface area contributed by atoms with Gasteiger partial charge in [-0.05, 0) is 105 Å². The highest BCUT2D eigenvalue weighted by Crippen LogP contribution is 2.59. The van der Waals surface area contributed by atoms with Crippen molar-refractivity contribution in [1.29, 1.82) is 0 Å². The summed E-state index contributed by atoms with van der Waals surface area (Å²) in [6.45, 7) is 12.2. The monoisotopic (exact) mass is 516 g/mol. The maximum atomic E-state index is 13.5. The lowest BCUT2D eigenvalue weighted by Gasteiger charge is -2.49. The van der Waals surface area contributed by atoms with Gasteiger partial charge in [0.15, 0.2) is 0 Å². The van der Waals surface area contributed by atoms with Crippen LogP contribution in [0.25, 0.3) is 0 Å². The van der Waals surface area contributed by atoms with E-state index in [0.29, 0.717) is 5.41 Å². The largest absolute Gasteiger partial charge is 0.333 e. The third kappa shape index (κ3) is 6.16. The fourth-order valence-electron chi connectivity index (χ4n) is 7.91. The van der Waals surface area contributed by atoms with Crippen molar-refractivity contribution in [3.8, 4) is 0 Å². The Morgan fingerprint density at radius 1 is 0.722 bits per heavy atom. The number of benzene rings is 1.